The summed E-state index contributed by atoms with van der Waals surface area (Å²) in [5, 5.41) is 17.7. The number of carboxylic acid groups (broad SMARTS) is 1. The molecule has 1 amide bonds. The number of aliphatic hydroxyl groups is 1. The predicted molar refractivity (Wildman–Crippen MR) is 76.7 cm³/mol. The Balaban J connectivity index is 2.17. The number of carbonyl (C=O) groups excluding carboxylic acids is 1. The summed E-state index contributed by atoms with van der Waals surface area (Å²) < 4.78 is 0. The molecule has 0 saturated heterocycles. The van der Waals surface area contributed by atoms with Crippen molar-refractivity contribution in [1.29, 1.82) is 0 Å². The van der Waals surface area contributed by atoms with Gasteiger partial charge in [-0.15, -0.1) is 0 Å². The van der Waals surface area contributed by atoms with Gasteiger partial charge in [-0.3, -0.25) is 9.78 Å². The Hall–Kier alpha value is -2.21. The third-order valence-electron chi connectivity index (χ3n) is 3.54. The molecule has 112 valence electrons. The summed E-state index contributed by atoms with van der Waals surface area (Å²) in [5.74, 6) is -1.23. The molecule has 0 aliphatic heterocycles. The van der Waals surface area contributed by atoms with Crippen molar-refractivity contribution in [2.75, 3.05) is 13.2 Å². The van der Waals surface area contributed by atoms with Gasteiger partial charge in [0, 0.05) is 31.1 Å². The highest BCUT2D eigenvalue weighted by Gasteiger charge is 2.29. The van der Waals surface area contributed by atoms with Gasteiger partial charge in [-0.05, 0) is 37.0 Å². The van der Waals surface area contributed by atoms with E-state index in [-0.39, 0.29) is 18.6 Å². The van der Waals surface area contributed by atoms with Crippen LogP contribution in [0, 0.1) is 0 Å². The lowest BCUT2D eigenvalue weighted by atomic mass is 9.91. The van der Waals surface area contributed by atoms with E-state index in [1.54, 1.807) is 11.0 Å². The second-order valence-electron chi connectivity index (χ2n) is 4.99. The van der Waals surface area contributed by atoms with Gasteiger partial charge in [-0.25, -0.2) is 4.79 Å². The first-order valence-electron chi connectivity index (χ1n) is 6.89. The van der Waals surface area contributed by atoms with Crippen LogP contribution in [-0.4, -0.2) is 51.2 Å². The maximum atomic E-state index is 12.5. The molecule has 0 bridgehead atoms. The average Bonchev–Trinajstić information content (AvgIpc) is 2.42. The van der Waals surface area contributed by atoms with Crippen molar-refractivity contribution in [3.8, 4) is 0 Å². The van der Waals surface area contributed by atoms with Crippen LogP contribution in [-0.2, 0) is 4.79 Å². The molecule has 1 aliphatic carbocycles. The molecule has 1 aliphatic rings. The van der Waals surface area contributed by atoms with Gasteiger partial charge in [0.25, 0.3) is 5.91 Å². The molecule has 0 unspecified atom stereocenters. The molecule has 21 heavy (non-hydrogen) atoms. The van der Waals surface area contributed by atoms with Crippen molar-refractivity contribution in [3.63, 3.8) is 0 Å². The van der Waals surface area contributed by atoms with Crippen LogP contribution in [0.3, 0.4) is 0 Å². The molecule has 6 heteroatoms. The fourth-order valence-electron chi connectivity index (χ4n) is 2.26. The number of carbonyl (C=O) groups is 2. The minimum Gasteiger partial charge on any atom is -0.478 e. The number of amides is 1. The maximum Gasteiger partial charge on any atom is 0.328 e. The summed E-state index contributed by atoms with van der Waals surface area (Å²) in [5.41, 5.74) is 0.962. The number of hydrogen-bond acceptors (Lipinski definition) is 4. The van der Waals surface area contributed by atoms with Crippen molar-refractivity contribution in [3.05, 3.63) is 35.7 Å². The van der Waals surface area contributed by atoms with Crippen LogP contribution < -0.4 is 0 Å². The van der Waals surface area contributed by atoms with Gasteiger partial charge in [-0.2, -0.15) is 0 Å². The zero-order chi connectivity index (χ0) is 15.2. The average molecular weight is 290 g/mol. The minimum atomic E-state index is -1.05. The van der Waals surface area contributed by atoms with Gasteiger partial charge in [0.2, 0.25) is 0 Å². The van der Waals surface area contributed by atoms with Gasteiger partial charge in [0.1, 0.15) is 0 Å². The van der Waals surface area contributed by atoms with Crippen LogP contribution in [0.25, 0.3) is 6.08 Å². The molecule has 0 spiro atoms. The number of aliphatic hydroxyl groups excluding tert-OH is 1. The van der Waals surface area contributed by atoms with Crippen LogP contribution in [0.5, 0.6) is 0 Å². The van der Waals surface area contributed by atoms with Gasteiger partial charge in [-0.1, -0.05) is 0 Å². The molecule has 0 aromatic carbocycles. The van der Waals surface area contributed by atoms with E-state index in [2.05, 4.69) is 4.98 Å². The minimum absolute atomic E-state index is 0.0751. The van der Waals surface area contributed by atoms with E-state index in [0.29, 0.717) is 17.7 Å². The quantitative estimate of drug-likeness (QED) is 0.767. The van der Waals surface area contributed by atoms with Crippen LogP contribution in [0.4, 0.5) is 0 Å². The van der Waals surface area contributed by atoms with Crippen molar-refractivity contribution < 1.29 is 19.8 Å². The SMILES string of the molecule is O=C(O)/C=C/c1cncc(C(=O)N(CCO)C2CCC2)c1. The molecular weight excluding hydrogens is 272 g/mol. The number of rotatable bonds is 6. The Labute approximate surface area is 122 Å². The van der Waals surface area contributed by atoms with E-state index in [4.69, 9.17) is 10.2 Å². The fraction of sp³-hybridized carbons (Fsp3) is 0.400. The number of pyridine rings is 1. The number of carboxylic acids is 1. The highest BCUT2D eigenvalue weighted by Crippen LogP contribution is 2.26. The summed E-state index contributed by atoms with van der Waals surface area (Å²) in [6.45, 7) is 0.229. The van der Waals surface area contributed by atoms with Crippen molar-refractivity contribution in [2.45, 2.75) is 25.3 Å². The van der Waals surface area contributed by atoms with Gasteiger partial charge >= 0.3 is 5.97 Å². The monoisotopic (exact) mass is 290 g/mol. The second-order valence-corrected chi connectivity index (χ2v) is 4.99. The lowest BCUT2D eigenvalue weighted by molar-refractivity contribution is -0.131. The topological polar surface area (TPSA) is 90.7 Å². The van der Waals surface area contributed by atoms with E-state index >= 15 is 0 Å². The molecule has 0 atom stereocenters. The number of nitrogens with zero attached hydrogens (tertiary/aromatic N) is 2. The summed E-state index contributed by atoms with van der Waals surface area (Å²) in [7, 11) is 0. The predicted octanol–water partition coefficient (Wildman–Crippen LogP) is 1.17. The van der Waals surface area contributed by atoms with Crippen molar-refractivity contribution >= 4 is 18.0 Å². The van der Waals surface area contributed by atoms with Crippen LogP contribution >= 0.6 is 0 Å². The third kappa shape index (κ3) is 3.88. The standard InChI is InChI=1S/C15H18N2O4/c18-7-6-17(13-2-1-3-13)15(21)12-8-11(9-16-10-12)4-5-14(19)20/h4-5,8-10,13,18H,1-3,6-7H2,(H,19,20)/b5-4+. The van der Waals surface area contributed by atoms with Gasteiger partial charge in [0.15, 0.2) is 0 Å². The molecule has 1 aromatic heterocycles. The Morgan fingerprint density at radius 2 is 2.14 bits per heavy atom. The Morgan fingerprint density at radius 3 is 2.71 bits per heavy atom. The normalized spacial score (nSPS) is 14.9. The summed E-state index contributed by atoms with van der Waals surface area (Å²) >= 11 is 0. The fourth-order valence-corrected chi connectivity index (χ4v) is 2.26. The number of aliphatic carboxylic acids is 1. The first-order chi connectivity index (χ1) is 10.1. The summed E-state index contributed by atoms with van der Waals surface area (Å²) in [6, 6.07) is 1.79. The number of hydrogen-bond donors (Lipinski definition) is 2. The van der Waals surface area contributed by atoms with E-state index < -0.39 is 5.97 Å². The molecular formula is C15H18N2O4. The van der Waals surface area contributed by atoms with E-state index in [9.17, 15) is 9.59 Å². The third-order valence-corrected chi connectivity index (χ3v) is 3.54. The first-order valence-corrected chi connectivity index (χ1v) is 6.89. The lowest BCUT2D eigenvalue weighted by Crippen LogP contribution is -2.45. The summed E-state index contributed by atoms with van der Waals surface area (Å²) in [6.07, 6.45) is 8.36. The van der Waals surface area contributed by atoms with E-state index in [0.717, 1.165) is 25.3 Å². The highest BCUT2D eigenvalue weighted by molar-refractivity contribution is 5.95. The Morgan fingerprint density at radius 1 is 1.38 bits per heavy atom. The Bertz CT molecular complexity index is 552. The van der Waals surface area contributed by atoms with E-state index in [1.165, 1.54) is 18.5 Å². The smallest absolute Gasteiger partial charge is 0.328 e. The maximum absolute atomic E-state index is 12.5. The van der Waals surface area contributed by atoms with Crippen LogP contribution in [0.2, 0.25) is 0 Å². The van der Waals surface area contributed by atoms with Gasteiger partial charge in [0.05, 0.1) is 12.2 Å². The zero-order valence-corrected chi connectivity index (χ0v) is 11.6. The molecule has 0 radical (unpaired) electrons. The molecule has 2 rings (SSSR count). The molecule has 6 nitrogen and oxygen atoms in total. The largest absolute Gasteiger partial charge is 0.478 e. The number of aromatic nitrogens is 1. The lowest BCUT2D eigenvalue weighted by Gasteiger charge is -2.37. The molecule has 2 N–H and O–H groups in total. The second kappa shape index (κ2) is 6.99. The van der Waals surface area contributed by atoms with Crippen molar-refractivity contribution in [2.24, 2.45) is 0 Å². The zero-order valence-electron chi connectivity index (χ0n) is 11.6. The highest BCUT2D eigenvalue weighted by atomic mass is 16.4. The molecule has 1 saturated carbocycles. The summed E-state index contributed by atoms with van der Waals surface area (Å²) in [4.78, 5) is 28.7. The van der Waals surface area contributed by atoms with Gasteiger partial charge < -0.3 is 15.1 Å². The molecule has 1 aromatic rings. The Kier molecular flexibility index (Phi) is 5.05. The van der Waals surface area contributed by atoms with Crippen LogP contribution in [0.15, 0.2) is 24.5 Å². The molecule has 1 fully saturated rings. The van der Waals surface area contributed by atoms with Crippen molar-refractivity contribution in [1.82, 2.24) is 9.88 Å². The van der Waals surface area contributed by atoms with E-state index in [1.807, 2.05) is 0 Å². The first kappa shape index (κ1) is 15.2. The molecule has 1 heterocycles. The van der Waals surface area contributed by atoms with Crippen LogP contribution in [0.1, 0.15) is 35.2 Å².